The molecule has 1 aliphatic heterocycles. The molecule has 7 heteroatoms. The van der Waals surface area contributed by atoms with E-state index in [1.54, 1.807) is 28.9 Å². The first-order valence-electron chi connectivity index (χ1n) is 8.04. The van der Waals surface area contributed by atoms with Gasteiger partial charge in [-0.25, -0.2) is 4.68 Å². The molecule has 2 heterocycles. The summed E-state index contributed by atoms with van der Waals surface area (Å²) in [5.41, 5.74) is 2.20. The van der Waals surface area contributed by atoms with Crippen molar-refractivity contribution in [2.24, 2.45) is 0 Å². The summed E-state index contributed by atoms with van der Waals surface area (Å²) >= 11 is 0. The van der Waals surface area contributed by atoms with Crippen LogP contribution in [0.4, 0.5) is 0 Å². The van der Waals surface area contributed by atoms with E-state index < -0.39 is 12.2 Å². The lowest BCUT2D eigenvalue weighted by Gasteiger charge is -2.21. The molecule has 1 fully saturated rings. The molecule has 3 rings (SSSR count). The van der Waals surface area contributed by atoms with Gasteiger partial charge in [0.2, 0.25) is 0 Å². The van der Waals surface area contributed by atoms with E-state index in [-0.39, 0.29) is 18.5 Å². The van der Waals surface area contributed by atoms with E-state index in [0.29, 0.717) is 13.2 Å². The van der Waals surface area contributed by atoms with Crippen LogP contribution in [-0.4, -0.2) is 56.2 Å². The maximum absolute atomic E-state index is 12.5. The number of ether oxygens (including phenoxy) is 1. The third-order valence-corrected chi connectivity index (χ3v) is 4.28. The number of benzene rings is 1. The number of hydrogen-bond donors (Lipinski definition) is 1. The number of aryl methyl sites for hydroxylation is 1. The summed E-state index contributed by atoms with van der Waals surface area (Å²) in [5.74, 6) is -0.121. The quantitative estimate of drug-likeness (QED) is 0.882. The predicted molar refractivity (Wildman–Crippen MR) is 87.1 cm³/mol. The minimum atomic E-state index is -0.653. The Morgan fingerprint density at radius 2 is 2.29 bits per heavy atom. The number of carbonyl (C=O) groups excluding carboxylic acids is 1. The maximum atomic E-state index is 12.5. The second-order valence-electron chi connectivity index (χ2n) is 6.20. The molecule has 0 bridgehead atoms. The number of amides is 1. The Labute approximate surface area is 140 Å². The van der Waals surface area contributed by atoms with Crippen molar-refractivity contribution < 1.29 is 14.6 Å². The van der Waals surface area contributed by atoms with Crippen LogP contribution in [0.1, 0.15) is 24.1 Å². The maximum Gasteiger partial charge on any atom is 0.251 e. The zero-order chi connectivity index (χ0) is 17.1. The molecular formula is C17H22N4O3. The number of aliphatic hydroxyl groups is 1. The molecule has 1 aliphatic rings. The SMILES string of the molecule is Cc1cccc(COC(C)C(=O)N2C[C@@H](O)[C@H](n3ccnn3)C2)c1. The standard InChI is InChI=1S/C17H22N4O3/c1-12-4-3-5-14(8-12)11-24-13(2)17(23)20-9-15(16(22)10-20)21-7-6-18-19-21/h3-8,13,15-16,22H,9-11H2,1-2H3/t13?,15-,16-/m1/s1. The van der Waals surface area contributed by atoms with Crippen LogP contribution in [-0.2, 0) is 16.1 Å². The van der Waals surface area contributed by atoms with Gasteiger partial charge in [-0.3, -0.25) is 4.79 Å². The van der Waals surface area contributed by atoms with Crippen LogP contribution in [0.5, 0.6) is 0 Å². The summed E-state index contributed by atoms with van der Waals surface area (Å²) in [5, 5.41) is 17.8. The summed E-state index contributed by atoms with van der Waals surface area (Å²) in [6.07, 6.45) is 2.04. The first-order chi connectivity index (χ1) is 11.5. The van der Waals surface area contributed by atoms with Gasteiger partial charge in [-0.2, -0.15) is 0 Å². The van der Waals surface area contributed by atoms with Crippen molar-refractivity contribution in [3.05, 3.63) is 47.8 Å². The van der Waals surface area contributed by atoms with Crippen LogP contribution in [0.15, 0.2) is 36.7 Å². The Morgan fingerprint density at radius 1 is 1.46 bits per heavy atom. The summed E-state index contributed by atoms with van der Waals surface area (Å²) in [6, 6.07) is 7.75. The third kappa shape index (κ3) is 3.63. The number of nitrogens with zero attached hydrogens (tertiary/aromatic N) is 4. The second kappa shape index (κ2) is 7.11. The van der Waals surface area contributed by atoms with Gasteiger partial charge in [-0.05, 0) is 19.4 Å². The van der Waals surface area contributed by atoms with Crippen molar-refractivity contribution in [3.63, 3.8) is 0 Å². The van der Waals surface area contributed by atoms with Crippen LogP contribution in [0.25, 0.3) is 0 Å². The van der Waals surface area contributed by atoms with Crippen LogP contribution in [0, 0.1) is 6.92 Å². The Hall–Kier alpha value is -2.25. The van der Waals surface area contributed by atoms with Gasteiger partial charge < -0.3 is 14.7 Å². The zero-order valence-corrected chi connectivity index (χ0v) is 13.9. The van der Waals surface area contributed by atoms with Crippen molar-refractivity contribution in [3.8, 4) is 0 Å². The number of rotatable bonds is 5. The van der Waals surface area contributed by atoms with Crippen molar-refractivity contribution in [2.45, 2.75) is 38.7 Å². The molecule has 1 aromatic carbocycles. The minimum Gasteiger partial charge on any atom is -0.389 e. The molecule has 1 saturated heterocycles. The molecule has 0 aliphatic carbocycles. The van der Waals surface area contributed by atoms with E-state index in [1.165, 1.54) is 0 Å². The highest BCUT2D eigenvalue weighted by atomic mass is 16.5. The smallest absolute Gasteiger partial charge is 0.251 e. The third-order valence-electron chi connectivity index (χ3n) is 4.28. The minimum absolute atomic E-state index is 0.121. The molecule has 7 nitrogen and oxygen atoms in total. The van der Waals surface area contributed by atoms with Crippen LogP contribution in [0.3, 0.4) is 0 Å². The van der Waals surface area contributed by atoms with Crippen LogP contribution >= 0.6 is 0 Å². The number of aromatic nitrogens is 3. The fourth-order valence-corrected chi connectivity index (χ4v) is 2.96. The molecular weight excluding hydrogens is 308 g/mol. The van der Waals surface area contributed by atoms with Gasteiger partial charge in [0.1, 0.15) is 6.10 Å². The van der Waals surface area contributed by atoms with E-state index in [4.69, 9.17) is 4.74 Å². The summed E-state index contributed by atoms with van der Waals surface area (Å²) in [7, 11) is 0. The summed E-state index contributed by atoms with van der Waals surface area (Å²) in [6.45, 7) is 4.84. The molecule has 1 unspecified atom stereocenters. The number of carbonyl (C=O) groups is 1. The average molecular weight is 330 g/mol. The number of β-amino-alcohol motifs (C(OH)–C–C–N with tert-alkyl or cyclic N) is 1. The highest BCUT2D eigenvalue weighted by Gasteiger charge is 2.37. The highest BCUT2D eigenvalue weighted by molar-refractivity contribution is 5.81. The molecule has 0 saturated carbocycles. The van der Waals surface area contributed by atoms with Crippen LogP contribution < -0.4 is 0 Å². The zero-order valence-electron chi connectivity index (χ0n) is 13.9. The molecule has 0 spiro atoms. The van der Waals surface area contributed by atoms with Crippen molar-refractivity contribution in [1.82, 2.24) is 19.9 Å². The molecule has 3 atom stereocenters. The highest BCUT2D eigenvalue weighted by Crippen LogP contribution is 2.22. The average Bonchev–Trinajstić information content (AvgIpc) is 3.21. The topological polar surface area (TPSA) is 80.5 Å². The lowest BCUT2D eigenvalue weighted by Crippen LogP contribution is -2.38. The molecule has 128 valence electrons. The molecule has 1 aromatic heterocycles. The van der Waals surface area contributed by atoms with E-state index in [2.05, 4.69) is 10.3 Å². The van der Waals surface area contributed by atoms with Gasteiger partial charge in [-0.15, -0.1) is 5.10 Å². The van der Waals surface area contributed by atoms with E-state index in [1.807, 2.05) is 31.2 Å². The van der Waals surface area contributed by atoms with Gasteiger partial charge in [0, 0.05) is 19.3 Å². The van der Waals surface area contributed by atoms with E-state index in [9.17, 15) is 9.90 Å². The van der Waals surface area contributed by atoms with Gasteiger partial charge in [0.05, 0.1) is 24.9 Å². The first-order valence-corrected chi connectivity index (χ1v) is 8.04. The number of aliphatic hydroxyl groups excluding tert-OH is 1. The molecule has 1 amide bonds. The van der Waals surface area contributed by atoms with Crippen molar-refractivity contribution in [2.75, 3.05) is 13.1 Å². The Morgan fingerprint density at radius 3 is 3.00 bits per heavy atom. The predicted octanol–water partition coefficient (Wildman–Crippen LogP) is 0.936. The Kier molecular flexibility index (Phi) is 4.92. The summed E-state index contributed by atoms with van der Waals surface area (Å²) in [4.78, 5) is 14.2. The lowest BCUT2D eigenvalue weighted by molar-refractivity contribution is -0.142. The fraction of sp³-hybridized carbons (Fsp3) is 0.471. The van der Waals surface area contributed by atoms with Gasteiger partial charge in [-0.1, -0.05) is 35.0 Å². The van der Waals surface area contributed by atoms with E-state index >= 15 is 0 Å². The Balaban J connectivity index is 1.56. The largest absolute Gasteiger partial charge is 0.389 e. The molecule has 0 radical (unpaired) electrons. The number of hydrogen-bond acceptors (Lipinski definition) is 5. The van der Waals surface area contributed by atoms with Gasteiger partial charge in [0.15, 0.2) is 0 Å². The Bertz CT molecular complexity index is 689. The summed E-state index contributed by atoms with van der Waals surface area (Å²) < 4.78 is 7.30. The fourth-order valence-electron chi connectivity index (χ4n) is 2.96. The van der Waals surface area contributed by atoms with Crippen molar-refractivity contribution in [1.29, 1.82) is 0 Å². The lowest BCUT2D eigenvalue weighted by atomic mass is 10.1. The van der Waals surface area contributed by atoms with Gasteiger partial charge in [0.25, 0.3) is 5.91 Å². The molecule has 2 aromatic rings. The molecule has 1 N–H and O–H groups in total. The monoisotopic (exact) mass is 330 g/mol. The normalized spacial score (nSPS) is 21.9. The van der Waals surface area contributed by atoms with Crippen molar-refractivity contribution >= 4 is 5.91 Å². The second-order valence-corrected chi connectivity index (χ2v) is 6.20. The first kappa shape index (κ1) is 16.6. The number of likely N-dealkylation sites (tertiary alicyclic amines) is 1. The van der Waals surface area contributed by atoms with Gasteiger partial charge >= 0.3 is 0 Å². The van der Waals surface area contributed by atoms with Crippen LogP contribution in [0.2, 0.25) is 0 Å². The van der Waals surface area contributed by atoms with E-state index in [0.717, 1.165) is 11.1 Å². The molecule has 24 heavy (non-hydrogen) atoms.